The summed E-state index contributed by atoms with van der Waals surface area (Å²) in [6.45, 7) is 2.88. The van der Waals surface area contributed by atoms with Gasteiger partial charge in [-0.1, -0.05) is 6.07 Å². The predicted octanol–water partition coefficient (Wildman–Crippen LogP) is 1.46. The number of carbonyl (C=O) groups excluding carboxylic acids is 1. The van der Waals surface area contributed by atoms with E-state index in [1.165, 1.54) is 11.1 Å². The molecule has 1 fully saturated rings. The number of fused-ring (bicyclic) bond motifs is 1. The van der Waals surface area contributed by atoms with Crippen LogP contribution in [0.15, 0.2) is 18.2 Å². The maximum Gasteiger partial charge on any atom is 0.227 e. The normalized spacial score (nSPS) is 20.0. The SMILES string of the molecule is O=C1CCCN1c1ccc2c(c1)CNCC2. The average Bonchev–Trinajstić information content (AvgIpc) is 2.75. The van der Waals surface area contributed by atoms with E-state index in [0.717, 1.165) is 38.2 Å². The van der Waals surface area contributed by atoms with E-state index in [4.69, 9.17) is 0 Å². The highest BCUT2D eigenvalue weighted by Gasteiger charge is 2.22. The lowest BCUT2D eigenvalue weighted by Gasteiger charge is -2.21. The van der Waals surface area contributed by atoms with Crippen molar-refractivity contribution in [1.29, 1.82) is 0 Å². The number of carbonyl (C=O) groups is 1. The van der Waals surface area contributed by atoms with Crippen LogP contribution in [0.2, 0.25) is 0 Å². The first-order valence-electron chi connectivity index (χ1n) is 5.97. The summed E-state index contributed by atoms with van der Waals surface area (Å²) in [5.41, 5.74) is 3.85. The van der Waals surface area contributed by atoms with E-state index in [-0.39, 0.29) is 5.91 Å². The van der Waals surface area contributed by atoms with Gasteiger partial charge in [-0.05, 0) is 42.6 Å². The molecule has 0 radical (unpaired) electrons. The quantitative estimate of drug-likeness (QED) is 0.770. The summed E-state index contributed by atoms with van der Waals surface area (Å²) in [4.78, 5) is 13.6. The second-order valence-electron chi connectivity index (χ2n) is 4.53. The third kappa shape index (κ3) is 1.61. The van der Waals surface area contributed by atoms with Crippen LogP contribution in [0.3, 0.4) is 0 Å². The maximum atomic E-state index is 11.7. The zero-order valence-electron chi connectivity index (χ0n) is 9.33. The molecule has 2 aliphatic rings. The number of amides is 1. The summed E-state index contributed by atoms with van der Waals surface area (Å²) in [5.74, 6) is 0.267. The van der Waals surface area contributed by atoms with Crippen LogP contribution >= 0.6 is 0 Å². The van der Waals surface area contributed by atoms with E-state index in [2.05, 4.69) is 23.5 Å². The van der Waals surface area contributed by atoms with Gasteiger partial charge in [0.05, 0.1) is 0 Å². The Morgan fingerprint density at radius 2 is 2.12 bits per heavy atom. The Morgan fingerprint density at radius 3 is 2.94 bits per heavy atom. The van der Waals surface area contributed by atoms with Gasteiger partial charge in [-0.15, -0.1) is 0 Å². The Hall–Kier alpha value is -1.35. The van der Waals surface area contributed by atoms with Gasteiger partial charge in [0, 0.05) is 25.2 Å². The highest BCUT2D eigenvalue weighted by atomic mass is 16.2. The van der Waals surface area contributed by atoms with Gasteiger partial charge in [-0.25, -0.2) is 0 Å². The maximum absolute atomic E-state index is 11.7. The molecule has 0 bridgehead atoms. The van der Waals surface area contributed by atoms with E-state index >= 15 is 0 Å². The van der Waals surface area contributed by atoms with Gasteiger partial charge < -0.3 is 10.2 Å². The largest absolute Gasteiger partial charge is 0.312 e. The van der Waals surface area contributed by atoms with Crippen LogP contribution in [0.4, 0.5) is 5.69 Å². The minimum Gasteiger partial charge on any atom is -0.312 e. The lowest BCUT2D eigenvalue weighted by atomic mass is 10.0. The Balaban J connectivity index is 1.93. The van der Waals surface area contributed by atoms with Crippen molar-refractivity contribution >= 4 is 11.6 Å². The van der Waals surface area contributed by atoms with Crippen molar-refractivity contribution < 1.29 is 4.79 Å². The molecule has 1 aromatic rings. The topological polar surface area (TPSA) is 32.3 Å². The Morgan fingerprint density at radius 1 is 1.19 bits per heavy atom. The van der Waals surface area contributed by atoms with Gasteiger partial charge in [0.1, 0.15) is 0 Å². The second kappa shape index (κ2) is 3.91. The van der Waals surface area contributed by atoms with E-state index in [1.54, 1.807) is 0 Å². The highest BCUT2D eigenvalue weighted by Crippen LogP contribution is 2.25. The standard InChI is InChI=1S/C13H16N2O/c16-13-2-1-7-15(13)12-4-3-10-5-6-14-9-11(10)8-12/h3-4,8,14H,1-2,5-7,9H2. The van der Waals surface area contributed by atoms with Crippen LogP contribution in [0, 0.1) is 0 Å². The molecule has 3 rings (SSSR count). The van der Waals surface area contributed by atoms with E-state index < -0.39 is 0 Å². The number of nitrogens with zero attached hydrogens (tertiary/aromatic N) is 1. The molecule has 1 amide bonds. The summed E-state index contributed by atoms with van der Waals surface area (Å²) < 4.78 is 0. The molecule has 0 spiro atoms. The number of hydrogen-bond acceptors (Lipinski definition) is 2. The van der Waals surface area contributed by atoms with Crippen LogP contribution in [0.1, 0.15) is 24.0 Å². The van der Waals surface area contributed by atoms with Crippen LogP contribution in [-0.2, 0) is 17.8 Å². The monoisotopic (exact) mass is 216 g/mol. The smallest absolute Gasteiger partial charge is 0.227 e. The molecule has 2 aliphatic heterocycles. The van der Waals surface area contributed by atoms with Crippen LogP contribution in [0.25, 0.3) is 0 Å². The number of rotatable bonds is 1. The predicted molar refractivity (Wildman–Crippen MR) is 63.4 cm³/mol. The van der Waals surface area contributed by atoms with Crippen LogP contribution in [-0.4, -0.2) is 19.0 Å². The van der Waals surface area contributed by atoms with E-state index in [1.807, 2.05) is 4.90 Å². The molecule has 2 heterocycles. The first-order valence-corrected chi connectivity index (χ1v) is 5.97. The molecule has 3 nitrogen and oxygen atoms in total. The minimum absolute atomic E-state index is 0.267. The van der Waals surface area contributed by atoms with Gasteiger partial charge >= 0.3 is 0 Å². The third-order valence-corrected chi connectivity index (χ3v) is 3.46. The minimum atomic E-state index is 0.267. The van der Waals surface area contributed by atoms with Crippen molar-refractivity contribution in [3.63, 3.8) is 0 Å². The van der Waals surface area contributed by atoms with Crippen molar-refractivity contribution in [3.8, 4) is 0 Å². The molecule has 1 saturated heterocycles. The van der Waals surface area contributed by atoms with E-state index in [9.17, 15) is 4.79 Å². The van der Waals surface area contributed by atoms with Crippen LogP contribution < -0.4 is 10.2 Å². The van der Waals surface area contributed by atoms with Crippen molar-refractivity contribution in [1.82, 2.24) is 5.32 Å². The molecular weight excluding hydrogens is 200 g/mol. The summed E-state index contributed by atoms with van der Waals surface area (Å²) in [6, 6.07) is 6.44. The molecular formula is C13H16N2O. The Kier molecular flexibility index (Phi) is 2.40. The van der Waals surface area contributed by atoms with Crippen LogP contribution in [0.5, 0.6) is 0 Å². The molecule has 1 aromatic carbocycles. The second-order valence-corrected chi connectivity index (χ2v) is 4.53. The molecule has 84 valence electrons. The molecule has 0 atom stereocenters. The molecule has 0 aromatic heterocycles. The first-order chi connectivity index (χ1) is 7.84. The summed E-state index contributed by atoms with van der Waals surface area (Å²) in [5, 5.41) is 3.37. The molecule has 0 aliphatic carbocycles. The summed E-state index contributed by atoms with van der Waals surface area (Å²) in [6.07, 6.45) is 2.80. The number of anilines is 1. The third-order valence-electron chi connectivity index (χ3n) is 3.46. The van der Waals surface area contributed by atoms with Gasteiger partial charge in [0.25, 0.3) is 0 Å². The van der Waals surface area contributed by atoms with Crippen molar-refractivity contribution in [2.75, 3.05) is 18.0 Å². The molecule has 0 unspecified atom stereocenters. The molecule has 0 saturated carbocycles. The van der Waals surface area contributed by atoms with Gasteiger partial charge in [-0.3, -0.25) is 4.79 Å². The number of hydrogen-bond donors (Lipinski definition) is 1. The number of benzene rings is 1. The fourth-order valence-electron chi connectivity index (χ4n) is 2.56. The van der Waals surface area contributed by atoms with E-state index in [0.29, 0.717) is 6.42 Å². The van der Waals surface area contributed by atoms with Crippen molar-refractivity contribution in [3.05, 3.63) is 29.3 Å². The molecule has 16 heavy (non-hydrogen) atoms. The average molecular weight is 216 g/mol. The molecule has 3 heteroatoms. The summed E-state index contributed by atoms with van der Waals surface area (Å²) >= 11 is 0. The lowest BCUT2D eigenvalue weighted by molar-refractivity contribution is -0.117. The first kappa shape index (κ1) is 9.85. The van der Waals surface area contributed by atoms with Crippen molar-refractivity contribution in [2.24, 2.45) is 0 Å². The Labute approximate surface area is 95.4 Å². The zero-order valence-corrected chi connectivity index (χ0v) is 9.33. The van der Waals surface area contributed by atoms with Crippen molar-refractivity contribution in [2.45, 2.75) is 25.8 Å². The summed E-state index contributed by atoms with van der Waals surface area (Å²) in [7, 11) is 0. The lowest BCUT2D eigenvalue weighted by Crippen LogP contribution is -2.26. The highest BCUT2D eigenvalue weighted by molar-refractivity contribution is 5.95. The van der Waals surface area contributed by atoms with Gasteiger partial charge in [0.2, 0.25) is 5.91 Å². The van der Waals surface area contributed by atoms with Gasteiger partial charge in [0.15, 0.2) is 0 Å². The number of nitrogens with one attached hydrogen (secondary N) is 1. The molecule has 1 N–H and O–H groups in total. The Bertz CT molecular complexity index is 428. The fourth-order valence-corrected chi connectivity index (χ4v) is 2.56. The zero-order chi connectivity index (χ0) is 11.0. The van der Waals surface area contributed by atoms with Gasteiger partial charge in [-0.2, -0.15) is 0 Å². The fraction of sp³-hybridized carbons (Fsp3) is 0.462.